The second-order valence-corrected chi connectivity index (χ2v) is 7.82. The van der Waals surface area contributed by atoms with E-state index >= 15 is 0 Å². The first-order valence-electron chi connectivity index (χ1n) is 10.6. The van der Waals surface area contributed by atoms with E-state index in [1.807, 2.05) is 13.1 Å². The van der Waals surface area contributed by atoms with Gasteiger partial charge in [0.05, 0.1) is 7.11 Å². The summed E-state index contributed by atoms with van der Waals surface area (Å²) < 4.78 is 5.36. The summed E-state index contributed by atoms with van der Waals surface area (Å²) in [4.78, 5) is 6.85. The number of ether oxygens (including phenoxy) is 1. The fourth-order valence-electron chi connectivity index (χ4n) is 3.81. The van der Waals surface area contributed by atoms with Crippen molar-refractivity contribution in [1.82, 2.24) is 10.6 Å². The van der Waals surface area contributed by atoms with Gasteiger partial charge in [-0.3, -0.25) is 4.99 Å². The summed E-state index contributed by atoms with van der Waals surface area (Å²) in [6.07, 6.45) is 3.34. The Balaban J connectivity index is 1.41. The van der Waals surface area contributed by atoms with E-state index in [1.165, 1.54) is 17.7 Å². The number of benzene rings is 2. The molecule has 1 aliphatic rings. The van der Waals surface area contributed by atoms with Crippen LogP contribution in [0.5, 0.6) is 5.75 Å². The average molecular weight is 395 g/mol. The van der Waals surface area contributed by atoms with Crippen molar-refractivity contribution in [3.63, 3.8) is 0 Å². The first-order chi connectivity index (χ1) is 14.2. The van der Waals surface area contributed by atoms with Gasteiger partial charge < -0.3 is 20.3 Å². The summed E-state index contributed by atoms with van der Waals surface area (Å²) in [5.41, 5.74) is 2.62. The molecule has 0 bridgehead atoms. The molecule has 1 aliphatic heterocycles. The zero-order valence-electron chi connectivity index (χ0n) is 17.9. The maximum atomic E-state index is 5.36. The largest absolute Gasteiger partial charge is 0.497 e. The fourth-order valence-corrected chi connectivity index (χ4v) is 3.81. The summed E-state index contributed by atoms with van der Waals surface area (Å²) in [5, 5.41) is 7.05. The molecule has 0 aliphatic carbocycles. The van der Waals surface area contributed by atoms with Gasteiger partial charge in [-0.15, -0.1) is 0 Å². The standard InChI is InChI=1S/C24H34N4O/c1-19(12-13-20-8-5-4-6-9-20)27-24(25-2)26-17-21-14-15-28(18-21)22-10-7-11-23(16-22)29-3/h4-11,16,19,21H,12-15,17-18H2,1-3H3,(H2,25,26,27). The van der Waals surface area contributed by atoms with Gasteiger partial charge in [0, 0.05) is 44.5 Å². The summed E-state index contributed by atoms with van der Waals surface area (Å²) in [6.45, 7) is 5.29. The number of nitrogens with one attached hydrogen (secondary N) is 2. The van der Waals surface area contributed by atoms with Crippen LogP contribution in [0, 0.1) is 5.92 Å². The summed E-state index contributed by atoms with van der Waals surface area (Å²) in [5.74, 6) is 2.42. The van der Waals surface area contributed by atoms with E-state index < -0.39 is 0 Å². The van der Waals surface area contributed by atoms with Gasteiger partial charge in [0.1, 0.15) is 5.75 Å². The van der Waals surface area contributed by atoms with Crippen LogP contribution in [-0.4, -0.2) is 45.8 Å². The number of hydrogen-bond acceptors (Lipinski definition) is 3. The number of anilines is 1. The summed E-state index contributed by atoms with van der Waals surface area (Å²) in [7, 11) is 3.56. The molecule has 2 aromatic rings. The predicted molar refractivity (Wildman–Crippen MR) is 122 cm³/mol. The minimum absolute atomic E-state index is 0.373. The van der Waals surface area contributed by atoms with Crippen molar-refractivity contribution >= 4 is 11.6 Å². The van der Waals surface area contributed by atoms with E-state index in [4.69, 9.17) is 4.74 Å². The molecule has 1 saturated heterocycles. The van der Waals surface area contributed by atoms with Crippen molar-refractivity contribution in [3.8, 4) is 5.75 Å². The van der Waals surface area contributed by atoms with Crippen LogP contribution in [0.25, 0.3) is 0 Å². The second kappa shape index (κ2) is 10.7. The third-order valence-corrected chi connectivity index (χ3v) is 5.58. The van der Waals surface area contributed by atoms with Crippen molar-refractivity contribution in [3.05, 3.63) is 60.2 Å². The lowest BCUT2D eigenvalue weighted by Gasteiger charge is -2.21. The van der Waals surface area contributed by atoms with Gasteiger partial charge in [-0.05, 0) is 49.8 Å². The molecule has 2 atom stereocenters. The highest BCUT2D eigenvalue weighted by atomic mass is 16.5. The Morgan fingerprint density at radius 1 is 1.21 bits per heavy atom. The number of aryl methyl sites for hydroxylation is 1. The molecule has 1 fully saturated rings. The van der Waals surface area contributed by atoms with Crippen molar-refractivity contribution in [2.24, 2.45) is 10.9 Å². The van der Waals surface area contributed by atoms with Gasteiger partial charge in [-0.2, -0.15) is 0 Å². The van der Waals surface area contributed by atoms with E-state index in [9.17, 15) is 0 Å². The number of nitrogens with zero attached hydrogens (tertiary/aromatic N) is 2. The molecule has 0 saturated carbocycles. The molecule has 2 unspecified atom stereocenters. The number of aliphatic imine (C=N–C) groups is 1. The maximum Gasteiger partial charge on any atom is 0.191 e. The molecule has 0 amide bonds. The first-order valence-corrected chi connectivity index (χ1v) is 10.6. The van der Waals surface area contributed by atoms with Gasteiger partial charge >= 0.3 is 0 Å². The van der Waals surface area contributed by atoms with Crippen molar-refractivity contribution in [2.75, 3.05) is 38.7 Å². The van der Waals surface area contributed by atoms with Gasteiger partial charge in [-0.25, -0.2) is 0 Å². The van der Waals surface area contributed by atoms with Gasteiger partial charge in [-0.1, -0.05) is 36.4 Å². The van der Waals surface area contributed by atoms with Crippen molar-refractivity contribution in [1.29, 1.82) is 0 Å². The smallest absolute Gasteiger partial charge is 0.191 e. The van der Waals surface area contributed by atoms with Crippen molar-refractivity contribution < 1.29 is 4.74 Å². The average Bonchev–Trinajstić information content (AvgIpc) is 3.25. The molecule has 0 radical (unpaired) electrons. The lowest BCUT2D eigenvalue weighted by molar-refractivity contribution is 0.415. The molecule has 2 aromatic carbocycles. The van der Waals surface area contributed by atoms with Crippen LogP contribution in [0.15, 0.2) is 59.6 Å². The van der Waals surface area contributed by atoms with Crippen LogP contribution in [0.3, 0.4) is 0 Å². The van der Waals surface area contributed by atoms with Crippen molar-refractivity contribution in [2.45, 2.75) is 32.2 Å². The maximum absolute atomic E-state index is 5.36. The normalized spacial score (nSPS) is 17.8. The number of methoxy groups -OCH3 is 1. The molecule has 29 heavy (non-hydrogen) atoms. The molecule has 0 aromatic heterocycles. The zero-order chi connectivity index (χ0) is 20.5. The van der Waals surface area contributed by atoms with Gasteiger partial charge in [0.15, 0.2) is 5.96 Å². The SMILES string of the molecule is CN=C(NCC1CCN(c2cccc(OC)c2)C1)NC(C)CCc1ccccc1. The topological polar surface area (TPSA) is 48.9 Å². The third-order valence-electron chi connectivity index (χ3n) is 5.58. The van der Waals surface area contributed by atoms with Gasteiger partial charge in [0.25, 0.3) is 0 Å². The van der Waals surface area contributed by atoms with E-state index in [0.29, 0.717) is 12.0 Å². The molecular formula is C24H34N4O. The summed E-state index contributed by atoms with van der Waals surface area (Å²) in [6, 6.07) is 19.3. The van der Waals surface area contributed by atoms with Crippen LogP contribution < -0.4 is 20.3 Å². The Kier molecular flexibility index (Phi) is 7.79. The highest BCUT2D eigenvalue weighted by Crippen LogP contribution is 2.26. The van der Waals surface area contributed by atoms with E-state index in [2.05, 4.69) is 76.0 Å². The zero-order valence-corrected chi connectivity index (χ0v) is 17.9. The first kappa shape index (κ1) is 21.0. The molecule has 1 heterocycles. The van der Waals surface area contributed by atoms with E-state index in [0.717, 1.165) is 44.2 Å². The number of rotatable bonds is 8. The summed E-state index contributed by atoms with van der Waals surface area (Å²) >= 11 is 0. The minimum atomic E-state index is 0.373. The van der Waals surface area contributed by atoms with E-state index in [1.54, 1.807) is 7.11 Å². The molecule has 5 heteroatoms. The second-order valence-electron chi connectivity index (χ2n) is 7.82. The lowest BCUT2D eigenvalue weighted by atomic mass is 10.1. The molecule has 3 rings (SSSR count). The molecule has 2 N–H and O–H groups in total. The monoisotopic (exact) mass is 394 g/mol. The Bertz CT molecular complexity index is 777. The highest BCUT2D eigenvalue weighted by molar-refractivity contribution is 5.79. The Labute approximate surface area is 175 Å². The molecule has 0 spiro atoms. The highest BCUT2D eigenvalue weighted by Gasteiger charge is 2.23. The van der Waals surface area contributed by atoms with E-state index in [-0.39, 0.29) is 0 Å². The minimum Gasteiger partial charge on any atom is -0.497 e. The lowest BCUT2D eigenvalue weighted by Crippen LogP contribution is -2.44. The Morgan fingerprint density at radius 3 is 2.79 bits per heavy atom. The van der Waals surface area contributed by atoms with Crippen LogP contribution in [0.2, 0.25) is 0 Å². The van der Waals surface area contributed by atoms with Crippen LogP contribution in [-0.2, 0) is 6.42 Å². The molecular weight excluding hydrogens is 360 g/mol. The molecule has 5 nitrogen and oxygen atoms in total. The quantitative estimate of drug-likeness (QED) is 0.529. The molecule has 156 valence electrons. The van der Waals surface area contributed by atoms with Crippen LogP contribution in [0.1, 0.15) is 25.3 Å². The van der Waals surface area contributed by atoms with Gasteiger partial charge in [0.2, 0.25) is 0 Å². The van der Waals surface area contributed by atoms with Crippen LogP contribution in [0.4, 0.5) is 5.69 Å². The predicted octanol–water partition coefficient (Wildman–Crippen LogP) is 3.71. The number of hydrogen-bond donors (Lipinski definition) is 2. The Morgan fingerprint density at radius 2 is 2.03 bits per heavy atom. The number of guanidine groups is 1. The third kappa shape index (κ3) is 6.41. The fraction of sp³-hybridized carbons (Fsp3) is 0.458. The van der Waals surface area contributed by atoms with Crippen LogP contribution >= 0.6 is 0 Å². The Hall–Kier alpha value is -2.69.